The van der Waals surface area contributed by atoms with Gasteiger partial charge in [-0.2, -0.15) is 26.3 Å². The maximum absolute atomic E-state index is 13.8. The Morgan fingerprint density at radius 1 is 0.891 bits per heavy atom. The van der Waals surface area contributed by atoms with Crippen LogP contribution in [0, 0.1) is 11.7 Å². The zero-order chi connectivity index (χ0) is 34.0. The van der Waals surface area contributed by atoms with Crippen LogP contribution in [0.25, 0.3) is 0 Å². The highest BCUT2D eigenvalue weighted by Crippen LogP contribution is 2.39. The first-order chi connectivity index (χ1) is 21.5. The van der Waals surface area contributed by atoms with Crippen LogP contribution >= 0.6 is 0 Å². The number of nitrogens with zero attached hydrogens (tertiary/aromatic N) is 3. The van der Waals surface area contributed by atoms with Crippen LogP contribution in [-0.4, -0.2) is 80.6 Å². The minimum atomic E-state index is -5.10. The van der Waals surface area contributed by atoms with Gasteiger partial charge in [-0.15, -0.1) is 0 Å². The molecule has 15 heteroatoms. The molecule has 2 atom stereocenters. The van der Waals surface area contributed by atoms with Crippen molar-refractivity contribution in [3.8, 4) is 0 Å². The van der Waals surface area contributed by atoms with Crippen molar-refractivity contribution in [2.24, 2.45) is 5.92 Å². The Hall–Kier alpha value is -3.88. The Morgan fingerprint density at radius 3 is 1.98 bits per heavy atom. The number of hydrogen-bond acceptors (Lipinski definition) is 4. The molecule has 252 valence electrons. The highest BCUT2D eigenvalue weighted by Gasteiger charge is 2.43. The van der Waals surface area contributed by atoms with Crippen LogP contribution in [0.1, 0.15) is 48.3 Å². The summed E-state index contributed by atoms with van der Waals surface area (Å²) < 4.78 is 99.5. The van der Waals surface area contributed by atoms with E-state index in [0.717, 1.165) is 7.05 Å². The Balaban J connectivity index is 1.55. The van der Waals surface area contributed by atoms with Gasteiger partial charge in [0.15, 0.2) is 0 Å². The Labute approximate surface area is 261 Å². The lowest BCUT2D eigenvalue weighted by molar-refractivity contribution is -0.143. The summed E-state index contributed by atoms with van der Waals surface area (Å²) in [4.78, 5) is 42.6. The van der Waals surface area contributed by atoms with Gasteiger partial charge in [0, 0.05) is 57.9 Å². The Morgan fingerprint density at radius 2 is 1.46 bits per heavy atom. The number of rotatable bonds is 7. The zero-order valence-corrected chi connectivity index (χ0v) is 25.4. The third-order valence-electron chi connectivity index (χ3n) is 8.66. The number of nitrogens with one attached hydrogen (secondary N) is 1. The maximum atomic E-state index is 13.8. The summed E-state index contributed by atoms with van der Waals surface area (Å²) in [5.41, 5.74) is -3.13. The quantitative estimate of drug-likeness (QED) is 0.389. The summed E-state index contributed by atoms with van der Waals surface area (Å²) >= 11 is 0. The lowest BCUT2D eigenvalue weighted by Gasteiger charge is -2.33. The van der Waals surface area contributed by atoms with E-state index in [4.69, 9.17) is 4.74 Å². The zero-order valence-electron chi connectivity index (χ0n) is 25.4. The van der Waals surface area contributed by atoms with E-state index in [-0.39, 0.29) is 49.5 Å². The van der Waals surface area contributed by atoms with Crippen molar-refractivity contribution in [2.75, 3.05) is 45.8 Å². The summed E-state index contributed by atoms with van der Waals surface area (Å²) in [6.07, 6.45) is -8.03. The number of urea groups is 1. The number of carbonyl (C=O) groups is 3. The maximum Gasteiger partial charge on any atom is 0.416 e. The molecular formula is C31H35F7N4O4. The molecule has 46 heavy (non-hydrogen) atoms. The summed E-state index contributed by atoms with van der Waals surface area (Å²) in [5, 5.41) is 2.87. The molecule has 0 spiro atoms. The minimum Gasteiger partial charge on any atom is -0.375 e. The van der Waals surface area contributed by atoms with E-state index >= 15 is 0 Å². The number of alkyl halides is 6. The van der Waals surface area contributed by atoms with Crippen LogP contribution in [0.4, 0.5) is 41.2 Å². The second-order valence-electron chi connectivity index (χ2n) is 11.7. The predicted octanol–water partition coefficient (Wildman–Crippen LogP) is 5.67. The molecule has 2 aliphatic rings. The van der Waals surface area contributed by atoms with E-state index in [2.05, 4.69) is 5.32 Å². The van der Waals surface area contributed by atoms with Crippen molar-refractivity contribution in [3.63, 3.8) is 0 Å². The van der Waals surface area contributed by atoms with Crippen molar-refractivity contribution in [2.45, 2.75) is 56.0 Å². The number of methoxy groups -OCH3 is 1. The second-order valence-corrected chi connectivity index (χ2v) is 11.7. The number of benzene rings is 2. The number of hydrogen-bond donors (Lipinski definition) is 1. The van der Waals surface area contributed by atoms with Crippen LogP contribution < -0.4 is 10.2 Å². The van der Waals surface area contributed by atoms with Gasteiger partial charge in [-0.1, -0.05) is 12.1 Å². The second kappa shape index (κ2) is 13.9. The first kappa shape index (κ1) is 35.0. The van der Waals surface area contributed by atoms with E-state index in [1.165, 1.54) is 43.3 Å². The van der Waals surface area contributed by atoms with E-state index in [1.807, 2.05) is 0 Å². The lowest BCUT2D eigenvalue weighted by atomic mass is 9.85. The first-order valence-electron chi connectivity index (χ1n) is 14.6. The highest BCUT2D eigenvalue weighted by molar-refractivity contribution is 5.92. The number of carbonyl (C=O) groups excluding carboxylic acids is 3. The standard InChI is InChI=1S/C31H35F7N4O4/c1-40(24-13-20(30(33,34)35)12-21(14-24)31(36,37)38)29(45)41(2)26-16-42(15-25(26)18-4-8-22(32)9-5-18)28(44)19-6-10-23(11-7-19)39-27(43)17-46-3/h4-5,8-9,12-14,19,23,25-26H,6-7,10-11,15-17H2,1-3H3,(H,39,43)/t19?,23?,25-,26+/m0/s1. The molecule has 1 saturated carbocycles. The van der Waals surface area contributed by atoms with Gasteiger partial charge in [0.25, 0.3) is 0 Å². The smallest absolute Gasteiger partial charge is 0.375 e. The Bertz CT molecular complexity index is 1380. The molecule has 1 aliphatic carbocycles. The van der Waals surface area contributed by atoms with Crippen LogP contribution in [0.5, 0.6) is 0 Å². The topological polar surface area (TPSA) is 82.2 Å². The monoisotopic (exact) mass is 660 g/mol. The van der Waals surface area contributed by atoms with Gasteiger partial charge in [-0.25, -0.2) is 9.18 Å². The molecule has 0 aromatic heterocycles. The lowest BCUT2D eigenvalue weighted by Crippen LogP contribution is -2.48. The van der Waals surface area contributed by atoms with Gasteiger partial charge in [-0.05, 0) is 61.6 Å². The molecule has 1 saturated heterocycles. The number of likely N-dealkylation sites (N-methyl/N-ethyl adjacent to an activating group) is 1. The van der Waals surface area contributed by atoms with Gasteiger partial charge in [0.2, 0.25) is 11.8 Å². The number of anilines is 1. The number of amides is 4. The van der Waals surface area contributed by atoms with Crippen molar-refractivity contribution in [1.82, 2.24) is 15.1 Å². The number of ether oxygens (including phenoxy) is 1. The highest BCUT2D eigenvalue weighted by atomic mass is 19.4. The first-order valence-corrected chi connectivity index (χ1v) is 14.6. The molecule has 1 N–H and O–H groups in total. The minimum absolute atomic E-state index is 0.0163. The molecule has 0 unspecified atom stereocenters. The van der Waals surface area contributed by atoms with E-state index < -0.39 is 53.0 Å². The van der Waals surface area contributed by atoms with Crippen LogP contribution in [-0.2, 0) is 26.7 Å². The third kappa shape index (κ3) is 8.09. The van der Waals surface area contributed by atoms with Crippen molar-refractivity contribution in [3.05, 3.63) is 65.0 Å². The molecule has 1 heterocycles. The van der Waals surface area contributed by atoms with E-state index in [1.54, 1.807) is 4.90 Å². The summed E-state index contributed by atoms with van der Waals surface area (Å²) in [7, 11) is 3.85. The SMILES string of the molecule is COCC(=O)NC1CCC(C(=O)N2C[C@@H](N(C)C(=O)N(C)c3cc(C(F)(F)F)cc(C(F)(F)F)c3)[C@H](c3ccc(F)cc3)C2)CC1. The average molecular weight is 661 g/mol. The number of halogens is 7. The van der Waals surface area contributed by atoms with Gasteiger partial charge in [0.1, 0.15) is 12.4 Å². The summed E-state index contributed by atoms with van der Waals surface area (Å²) in [6.45, 7) is 0.123. The summed E-state index contributed by atoms with van der Waals surface area (Å²) in [5.74, 6) is -1.80. The molecule has 0 bridgehead atoms. The fourth-order valence-corrected chi connectivity index (χ4v) is 6.16. The molecular weight excluding hydrogens is 625 g/mol. The fourth-order valence-electron chi connectivity index (χ4n) is 6.16. The van der Waals surface area contributed by atoms with Crippen LogP contribution in [0.15, 0.2) is 42.5 Å². The van der Waals surface area contributed by atoms with E-state index in [0.29, 0.717) is 48.3 Å². The number of likely N-dealkylation sites (tertiary alicyclic amines) is 1. The normalized spacial score (nSPS) is 22.0. The van der Waals surface area contributed by atoms with Gasteiger partial charge < -0.3 is 19.9 Å². The molecule has 4 amide bonds. The molecule has 2 aromatic rings. The molecule has 4 rings (SSSR count). The predicted molar refractivity (Wildman–Crippen MR) is 153 cm³/mol. The molecule has 1 aliphatic heterocycles. The van der Waals surface area contributed by atoms with Crippen molar-refractivity contribution < 1.29 is 49.9 Å². The van der Waals surface area contributed by atoms with E-state index in [9.17, 15) is 45.1 Å². The molecule has 0 radical (unpaired) electrons. The average Bonchev–Trinajstić information content (AvgIpc) is 3.45. The largest absolute Gasteiger partial charge is 0.416 e. The van der Waals surface area contributed by atoms with Gasteiger partial charge in [0.05, 0.1) is 17.2 Å². The van der Waals surface area contributed by atoms with Gasteiger partial charge in [-0.3, -0.25) is 14.5 Å². The molecule has 2 fully saturated rings. The third-order valence-corrected chi connectivity index (χ3v) is 8.66. The molecule has 8 nitrogen and oxygen atoms in total. The Kier molecular flexibility index (Phi) is 10.5. The summed E-state index contributed by atoms with van der Waals surface area (Å²) in [6, 6.07) is 4.67. The van der Waals surface area contributed by atoms with Crippen LogP contribution in [0.3, 0.4) is 0 Å². The van der Waals surface area contributed by atoms with Crippen molar-refractivity contribution >= 4 is 23.5 Å². The fraction of sp³-hybridized carbons (Fsp3) is 0.516. The van der Waals surface area contributed by atoms with Crippen LogP contribution in [0.2, 0.25) is 0 Å². The molecule has 2 aromatic carbocycles. The van der Waals surface area contributed by atoms with Gasteiger partial charge >= 0.3 is 18.4 Å². The van der Waals surface area contributed by atoms with Crippen molar-refractivity contribution in [1.29, 1.82) is 0 Å².